The number of rotatable bonds is 6. The van der Waals surface area contributed by atoms with Gasteiger partial charge in [0.25, 0.3) is 0 Å². The van der Waals surface area contributed by atoms with Crippen LogP contribution in [0.25, 0.3) is 0 Å². The minimum atomic E-state index is 0.673. The lowest BCUT2D eigenvalue weighted by Crippen LogP contribution is -2.44. The van der Waals surface area contributed by atoms with Crippen molar-refractivity contribution in [3.05, 3.63) is 24.4 Å². The molecule has 2 heterocycles. The summed E-state index contributed by atoms with van der Waals surface area (Å²) in [6, 6.07) is 6.90. The van der Waals surface area contributed by atoms with Crippen molar-refractivity contribution < 1.29 is 0 Å². The summed E-state index contributed by atoms with van der Waals surface area (Å²) in [6.45, 7) is 5.82. The molecule has 3 heteroatoms. The Balaban J connectivity index is 1.43. The monoisotopic (exact) mass is 273 g/mol. The smallest absolute Gasteiger partial charge is 0.128 e. The van der Waals surface area contributed by atoms with Gasteiger partial charge in [-0.25, -0.2) is 4.98 Å². The normalized spacial score (nSPS) is 21.9. The van der Waals surface area contributed by atoms with E-state index >= 15 is 0 Å². The van der Waals surface area contributed by atoms with Gasteiger partial charge >= 0.3 is 0 Å². The van der Waals surface area contributed by atoms with E-state index in [1.807, 2.05) is 12.3 Å². The largest absolute Gasteiger partial charge is 0.357 e. The molecule has 1 saturated heterocycles. The number of anilines is 1. The van der Waals surface area contributed by atoms with E-state index in [1.54, 1.807) is 0 Å². The van der Waals surface area contributed by atoms with Gasteiger partial charge in [0.1, 0.15) is 5.82 Å². The zero-order valence-corrected chi connectivity index (χ0v) is 12.6. The molecule has 2 aliphatic rings. The maximum Gasteiger partial charge on any atom is 0.128 e. The number of piperidine rings is 1. The third kappa shape index (κ3) is 3.32. The maximum atomic E-state index is 4.45. The number of pyridine rings is 1. The van der Waals surface area contributed by atoms with Gasteiger partial charge in [-0.2, -0.15) is 0 Å². The molecule has 1 saturated carbocycles. The van der Waals surface area contributed by atoms with Gasteiger partial charge < -0.3 is 10.2 Å². The number of hydrogen-bond donors (Lipinski definition) is 1. The average Bonchev–Trinajstić information content (AvgIpc) is 3.27. The fourth-order valence-corrected chi connectivity index (χ4v) is 3.44. The molecule has 20 heavy (non-hydrogen) atoms. The molecule has 0 aromatic carbocycles. The maximum absolute atomic E-state index is 4.45. The highest BCUT2D eigenvalue weighted by molar-refractivity contribution is 5.38. The van der Waals surface area contributed by atoms with Crippen LogP contribution in [0.3, 0.4) is 0 Å². The van der Waals surface area contributed by atoms with Crippen LogP contribution >= 0.6 is 0 Å². The molecule has 3 rings (SSSR count). The molecule has 0 atom stereocenters. The average molecular weight is 273 g/mol. The molecule has 1 aromatic rings. The Morgan fingerprint density at radius 3 is 2.70 bits per heavy atom. The highest BCUT2D eigenvalue weighted by Gasteiger charge is 2.41. The molecule has 0 spiro atoms. The number of nitrogens with one attached hydrogen (secondary N) is 1. The molecule has 1 aliphatic carbocycles. The second kappa shape index (κ2) is 6.13. The lowest BCUT2D eigenvalue weighted by atomic mass is 9.98. The molecule has 0 radical (unpaired) electrons. The van der Waals surface area contributed by atoms with Crippen LogP contribution in [0.1, 0.15) is 45.4 Å². The fraction of sp³-hybridized carbons (Fsp3) is 0.706. The molecule has 110 valence electrons. The first-order valence-electron chi connectivity index (χ1n) is 8.21. The van der Waals surface area contributed by atoms with Crippen molar-refractivity contribution in [3.8, 4) is 0 Å². The van der Waals surface area contributed by atoms with Gasteiger partial charge in [-0.3, -0.25) is 0 Å². The van der Waals surface area contributed by atoms with Gasteiger partial charge in [-0.15, -0.1) is 0 Å². The standard InChI is InChI=1S/C17H27N3/c1-2-8-17(9-10-17)14-19-15-6-12-20(13-7-15)16-5-3-4-11-18-16/h3-5,11,15,19H,2,6-10,12-14H2,1H3. The Morgan fingerprint density at radius 1 is 1.30 bits per heavy atom. The lowest BCUT2D eigenvalue weighted by Gasteiger charge is -2.34. The van der Waals surface area contributed by atoms with Crippen LogP contribution < -0.4 is 10.2 Å². The fourth-order valence-electron chi connectivity index (χ4n) is 3.44. The molecule has 1 aromatic heterocycles. The van der Waals surface area contributed by atoms with Gasteiger partial charge in [0.05, 0.1) is 0 Å². The van der Waals surface area contributed by atoms with E-state index in [2.05, 4.69) is 34.3 Å². The van der Waals surface area contributed by atoms with E-state index in [0.717, 1.165) is 18.9 Å². The first-order chi connectivity index (χ1) is 9.81. The predicted octanol–water partition coefficient (Wildman–Crippen LogP) is 3.22. The summed E-state index contributed by atoms with van der Waals surface area (Å²) in [5, 5.41) is 3.83. The van der Waals surface area contributed by atoms with Crippen LogP contribution in [0.2, 0.25) is 0 Å². The highest BCUT2D eigenvalue weighted by Crippen LogP contribution is 2.49. The molecule has 1 aliphatic heterocycles. The molecular weight excluding hydrogens is 246 g/mol. The van der Waals surface area contributed by atoms with Crippen molar-refractivity contribution in [3.63, 3.8) is 0 Å². The van der Waals surface area contributed by atoms with Crippen molar-refractivity contribution in [1.82, 2.24) is 10.3 Å². The van der Waals surface area contributed by atoms with Gasteiger partial charge in [0.15, 0.2) is 0 Å². The van der Waals surface area contributed by atoms with Crippen LogP contribution in [0.15, 0.2) is 24.4 Å². The molecule has 2 fully saturated rings. The SMILES string of the molecule is CCCC1(CNC2CCN(c3ccccn3)CC2)CC1. The van der Waals surface area contributed by atoms with Crippen LogP contribution in [-0.2, 0) is 0 Å². The van der Waals surface area contributed by atoms with Gasteiger partial charge in [-0.1, -0.05) is 19.4 Å². The Kier molecular flexibility index (Phi) is 4.25. The number of aromatic nitrogens is 1. The van der Waals surface area contributed by atoms with E-state index in [-0.39, 0.29) is 0 Å². The molecule has 0 amide bonds. The minimum absolute atomic E-state index is 0.673. The minimum Gasteiger partial charge on any atom is -0.357 e. The van der Waals surface area contributed by atoms with Crippen LogP contribution in [0.5, 0.6) is 0 Å². The van der Waals surface area contributed by atoms with E-state index < -0.39 is 0 Å². The van der Waals surface area contributed by atoms with E-state index in [9.17, 15) is 0 Å². The van der Waals surface area contributed by atoms with E-state index in [0.29, 0.717) is 11.5 Å². The summed E-state index contributed by atoms with van der Waals surface area (Å²) in [5.74, 6) is 1.13. The molecule has 0 bridgehead atoms. The Labute approximate surface area is 122 Å². The van der Waals surface area contributed by atoms with E-state index in [1.165, 1.54) is 45.1 Å². The lowest BCUT2D eigenvalue weighted by molar-refractivity contribution is 0.349. The predicted molar refractivity (Wildman–Crippen MR) is 84.0 cm³/mol. The molecule has 0 unspecified atom stereocenters. The Bertz CT molecular complexity index is 406. The summed E-state index contributed by atoms with van der Waals surface area (Å²) < 4.78 is 0. The van der Waals surface area contributed by atoms with Crippen LogP contribution in [0, 0.1) is 5.41 Å². The van der Waals surface area contributed by atoms with Crippen molar-refractivity contribution in [2.45, 2.75) is 51.5 Å². The topological polar surface area (TPSA) is 28.2 Å². The molecule has 1 N–H and O–H groups in total. The number of hydrogen-bond acceptors (Lipinski definition) is 3. The Morgan fingerprint density at radius 2 is 2.10 bits per heavy atom. The first-order valence-corrected chi connectivity index (χ1v) is 8.21. The van der Waals surface area contributed by atoms with Gasteiger partial charge in [0, 0.05) is 31.9 Å². The van der Waals surface area contributed by atoms with Crippen LogP contribution in [-0.4, -0.2) is 30.7 Å². The van der Waals surface area contributed by atoms with E-state index in [4.69, 9.17) is 0 Å². The van der Waals surface area contributed by atoms with Crippen molar-refractivity contribution in [2.75, 3.05) is 24.5 Å². The third-order valence-corrected chi connectivity index (χ3v) is 4.97. The van der Waals surface area contributed by atoms with Crippen molar-refractivity contribution in [2.24, 2.45) is 5.41 Å². The first kappa shape index (κ1) is 13.9. The molecular formula is C17H27N3. The molecule has 3 nitrogen and oxygen atoms in total. The summed E-state index contributed by atoms with van der Waals surface area (Å²) in [7, 11) is 0. The van der Waals surface area contributed by atoms with Gasteiger partial charge in [0.2, 0.25) is 0 Å². The second-order valence-electron chi connectivity index (χ2n) is 6.58. The summed E-state index contributed by atoms with van der Waals surface area (Å²) in [5.41, 5.74) is 0.673. The number of nitrogens with zero attached hydrogens (tertiary/aromatic N) is 2. The van der Waals surface area contributed by atoms with Crippen molar-refractivity contribution in [1.29, 1.82) is 0 Å². The second-order valence-corrected chi connectivity index (χ2v) is 6.58. The highest BCUT2D eigenvalue weighted by atomic mass is 15.2. The van der Waals surface area contributed by atoms with Gasteiger partial charge in [-0.05, 0) is 49.7 Å². The Hall–Kier alpha value is -1.09. The summed E-state index contributed by atoms with van der Waals surface area (Å²) in [4.78, 5) is 6.87. The zero-order chi connectivity index (χ0) is 13.8. The summed E-state index contributed by atoms with van der Waals surface area (Å²) >= 11 is 0. The quantitative estimate of drug-likeness (QED) is 0.862. The zero-order valence-electron chi connectivity index (χ0n) is 12.6. The summed E-state index contributed by atoms with van der Waals surface area (Å²) in [6.07, 6.45) is 10.0. The van der Waals surface area contributed by atoms with Crippen LogP contribution in [0.4, 0.5) is 5.82 Å². The third-order valence-electron chi connectivity index (χ3n) is 4.97. The van der Waals surface area contributed by atoms with Crippen molar-refractivity contribution >= 4 is 5.82 Å².